The summed E-state index contributed by atoms with van der Waals surface area (Å²) >= 11 is 1.05. The van der Waals surface area contributed by atoms with E-state index in [-0.39, 0.29) is 23.2 Å². The maximum Gasteiger partial charge on any atom is 0.247 e. The first-order valence-electron chi connectivity index (χ1n) is 4.84. The van der Waals surface area contributed by atoms with Gasteiger partial charge in [0.2, 0.25) is 10.0 Å². The lowest BCUT2D eigenvalue weighted by atomic mass is 10.4. The van der Waals surface area contributed by atoms with Crippen molar-refractivity contribution in [1.29, 1.82) is 0 Å². The summed E-state index contributed by atoms with van der Waals surface area (Å²) < 4.78 is 22.2. The lowest BCUT2D eigenvalue weighted by Gasteiger charge is -2.09. The highest BCUT2D eigenvalue weighted by molar-refractivity contribution is 7.91. The van der Waals surface area contributed by atoms with Gasteiger partial charge >= 0.3 is 0 Å². The molecule has 0 aliphatic heterocycles. The second-order valence-electron chi connectivity index (χ2n) is 3.43. The van der Waals surface area contributed by atoms with Crippen molar-refractivity contribution in [2.24, 2.45) is 5.14 Å². The third kappa shape index (κ3) is 5.82. The van der Waals surface area contributed by atoms with Gasteiger partial charge in [0.1, 0.15) is 4.21 Å². The zero-order chi connectivity index (χ0) is 12.9. The molecule has 8 heteroatoms. The summed E-state index contributed by atoms with van der Waals surface area (Å²) in [5, 5.41) is 13.7. The Morgan fingerprint density at radius 3 is 2.67 bits per heavy atom. The molecule has 0 fully saturated rings. The number of aliphatic hydroxyl groups excluding tert-OH is 1. The van der Waals surface area contributed by atoms with E-state index in [0.717, 1.165) is 11.3 Å². The summed E-state index contributed by atoms with van der Waals surface area (Å²) in [7, 11) is -1.78. The van der Waals surface area contributed by atoms with Gasteiger partial charge < -0.3 is 5.11 Å². The van der Waals surface area contributed by atoms with Gasteiger partial charge in [-0.2, -0.15) is 0 Å². The maximum absolute atomic E-state index is 11.0. The second-order valence-corrected chi connectivity index (χ2v) is 6.30. The predicted octanol–water partition coefficient (Wildman–Crippen LogP) is 0.0929. The van der Waals surface area contributed by atoms with Crippen LogP contribution in [0.15, 0.2) is 16.3 Å². The van der Waals surface area contributed by atoms with Crippen molar-refractivity contribution in [3.8, 4) is 11.8 Å². The molecule has 0 saturated carbocycles. The minimum absolute atomic E-state index is 0. The normalized spacial score (nSPS) is 10.7. The molecule has 0 aromatic carbocycles. The van der Waals surface area contributed by atoms with E-state index in [2.05, 4.69) is 11.8 Å². The van der Waals surface area contributed by atoms with Gasteiger partial charge in [-0.15, -0.1) is 23.7 Å². The fraction of sp³-hybridized carbons (Fsp3) is 0.400. The summed E-state index contributed by atoms with van der Waals surface area (Å²) in [6.07, 6.45) is 0. The van der Waals surface area contributed by atoms with Crippen molar-refractivity contribution < 1.29 is 13.5 Å². The van der Waals surface area contributed by atoms with Crippen molar-refractivity contribution in [3.05, 3.63) is 17.0 Å². The molecule has 0 unspecified atom stereocenters. The van der Waals surface area contributed by atoms with Gasteiger partial charge in [0.05, 0.1) is 18.0 Å². The number of thiophene rings is 1. The second kappa shape index (κ2) is 7.74. The van der Waals surface area contributed by atoms with E-state index >= 15 is 0 Å². The zero-order valence-corrected chi connectivity index (χ0v) is 12.2. The Kier molecular flexibility index (Phi) is 7.47. The maximum atomic E-state index is 11.0. The molecule has 0 radical (unpaired) electrons. The molecular weight excluding hydrogens is 296 g/mol. The minimum Gasteiger partial charge on any atom is -0.395 e. The molecule has 0 atom stereocenters. The highest BCUT2D eigenvalue weighted by Gasteiger charge is 2.09. The lowest BCUT2D eigenvalue weighted by molar-refractivity contribution is 0.234. The van der Waals surface area contributed by atoms with Gasteiger partial charge in [-0.1, -0.05) is 11.8 Å². The Bertz CT molecular complexity index is 531. The molecule has 1 aromatic heterocycles. The summed E-state index contributed by atoms with van der Waals surface area (Å²) in [5.41, 5.74) is 0. The first-order chi connectivity index (χ1) is 7.93. The summed E-state index contributed by atoms with van der Waals surface area (Å²) in [4.78, 5) is 2.52. The van der Waals surface area contributed by atoms with Crippen molar-refractivity contribution >= 4 is 33.8 Å². The van der Waals surface area contributed by atoms with Crippen LogP contribution in [0.25, 0.3) is 0 Å². The van der Waals surface area contributed by atoms with Gasteiger partial charge in [0, 0.05) is 6.54 Å². The Labute approximate surface area is 117 Å². The molecule has 18 heavy (non-hydrogen) atoms. The smallest absolute Gasteiger partial charge is 0.247 e. The number of nitrogens with zero attached hydrogens (tertiary/aromatic N) is 1. The number of likely N-dealkylation sites (N-methyl/N-ethyl adjacent to an activating group) is 1. The highest BCUT2D eigenvalue weighted by atomic mass is 35.5. The number of hydrogen-bond donors (Lipinski definition) is 2. The van der Waals surface area contributed by atoms with Gasteiger partial charge in [0.15, 0.2) is 0 Å². The average molecular weight is 311 g/mol. The van der Waals surface area contributed by atoms with Crippen LogP contribution in [0.5, 0.6) is 0 Å². The molecule has 5 nitrogen and oxygen atoms in total. The van der Waals surface area contributed by atoms with E-state index in [1.165, 1.54) is 6.07 Å². The Hall–Kier alpha value is -0.620. The van der Waals surface area contributed by atoms with Gasteiger partial charge in [0.25, 0.3) is 0 Å². The SMILES string of the molecule is CN(CC#Cc1ccc(S(N)(=O)=O)s1)CCO.Cl. The van der Waals surface area contributed by atoms with E-state index in [9.17, 15) is 8.42 Å². The Morgan fingerprint density at radius 2 is 2.17 bits per heavy atom. The first kappa shape index (κ1) is 17.4. The molecule has 0 aliphatic rings. The van der Waals surface area contributed by atoms with Crippen LogP contribution in [0, 0.1) is 11.8 Å². The topological polar surface area (TPSA) is 83.6 Å². The van der Waals surface area contributed by atoms with Crippen LogP contribution in [0.3, 0.4) is 0 Å². The van der Waals surface area contributed by atoms with E-state index < -0.39 is 10.0 Å². The van der Waals surface area contributed by atoms with Crippen LogP contribution >= 0.6 is 23.7 Å². The number of halogens is 1. The average Bonchev–Trinajstić information content (AvgIpc) is 2.66. The van der Waals surface area contributed by atoms with Crippen LogP contribution in [-0.4, -0.2) is 45.2 Å². The largest absolute Gasteiger partial charge is 0.395 e. The Balaban J connectivity index is 0.00000289. The fourth-order valence-electron chi connectivity index (χ4n) is 1.05. The predicted molar refractivity (Wildman–Crippen MR) is 74.4 cm³/mol. The highest BCUT2D eigenvalue weighted by Crippen LogP contribution is 2.18. The third-order valence-corrected chi connectivity index (χ3v) is 4.34. The molecule has 0 spiro atoms. The molecule has 3 N–H and O–H groups in total. The van der Waals surface area contributed by atoms with E-state index in [0.29, 0.717) is 18.0 Å². The van der Waals surface area contributed by atoms with Crippen molar-refractivity contribution in [2.75, 3.05) is 26.7 Å². The summed E-state index contributed by atoms with van der Waals surface area (Å²) in [6, 6.07) is 3.07. The van der Waals surface area contributed by atoms with Crippen LogP contribution in [0.1, 0.15) is 4.88 Å². The molecule has 0 aliphatic carbocycles. The van der Waals surface area contributed by atoms with Crippen molar-refractivity contribution in [2.45, 2.75) is 4.21 Å². The first-order valence-corrected chi connectivity index (χ1v) is 7.20. The van der Waals surface area contributed by atoms with Crippen molar-refractivity contribution in [3.63, 3.8) is 0 Å². The molecule has 102 valence electrons. The third-order valence-electron chi connectivity index (χ3n) is 1.90. The number of hydrogen-bond acceptors (Lipinski definition) is 5. The molecule has 0 saturated heterocycles. The quantitative estimate of drug-likeness (QED) is 0.772. The zero-order valence-electron chi connectivity index (χ0n) is 9.79. The van der Waals surface area contributed by atoms with Gasteiger partial charge in [-0.25, -0.2) is 13.6 Å². The van der Waals surface area contributed by atoms with E-state index in [1.807, 2.05) is 11.9 Å². The monoisotopic (exact) mass is 310 g/mol. The molecular formula is C10H15ClN2O3S2. The molecule has 1 heterocycles. The molecule has 0 amide bonds. The molecule has 1 aromatic rings. The number of aliphatic hydroxyl groups is 1. The van der Waals surface area contributed by atoms with Gasteiger partial charge in [-0.3, -0.25) is 4.90 Å². The summed E-state index contributed by atoms with van der Waals surface area (Å²) in [5.74, 6) is 5.74. The van der Waals surface area contributed by atoms with Gasteiger partial charge in [-0.05, 0) is 19.2 Å². The molecule has 1 rings (SSSR count). The minimum atomic E-state index is -3.62. The number of sulfonamides is 1. The van der Waals surface area contributed by atoms with Crippen LogP contribution in [-0.2, 0) is 10.0 Å². The van der Waals surface area contributed by atoms with Crippen LogP contribution in [0.4, 0.5) is 0 Å². The standard InChI is InChI=1S/C10H14N2O3S2.ClH/c1-12(7-8-13)6-2-3-9-4-5-10(16-9)17(11,14)15;/h4-5,13H,6-8H2,1H3,(H2,11,14,15);1H. The number of rotatable bonds is 4. The fourth-order valence-corrected chi connectivity index (χ4v) is 2.66. The number of primary sulfonamides is 1. The van der Waals surface area contributed by atoms with E-state index in [1.54, 1.807) is 6.07 Å². The molecule has 0 bridgehead atoms. The summed E-state index contributed by atoms with van der Waals surface area (Å²) in [6.45, 7) is 1.16. The van der Waals surface area contributed by atoms with Crippen LogP contribution in [0.2, 0.25) is 0 Å². The Morgan fingerprint density at radius 1 is 1.50 bits per heavy atom. The van der Waals surface area contributed by atoms with E-state index in [4.69, 9.17) is 10.2 Å². The van der Waals surface area contributed by atoms with Crippen molar-refractivity contribution in [1.82, 2.24) is 4.90 Å². The number of nitrogens with two attached hydrogens (primary N) is 1. The van der Waals surface area contributed by atoms with Crippen LogP contribution < -0.4 is 5.14 Å². The lowest BCUT2D eigenvalue weighted by Crippen LogP contribution is -2.22.